The fourth-order valence-corrected chi connectivity index (χ4v) is 1.78. The molecule has 1 rings (SSSR count). The zero-order valence-electron chi connectivity index (χ0n) is 9.86. The second kappa shape index (κ2) is 5.89. The lowest BCUT2D eigenvalue weighted by Gasteiger charge is -2.23. The molecule has 0 aliphatic heterocycles. The monoisotopic (exact) mass is 207 g/mol. The Kier molecular flexibility index (Phi) is 4.79. The minimum atomic E-state index is -0.0187. The maximum atomic E-state index is 6.18. The van der Waals surface area contributed by atoms with Gasteiger partial charge in [-0.2, -0.15) is 0 Å². The van der Waals surface area contributed by atoms with Gasteiger partial charge in [0.25, 0.3) is 0 Å². The first-order valence-electron chi connectivity index (χ1n) is 5.62. The van der Waals surface area contributed by atoms with Crippen LogP contribution < -0.4 is 5.73 Å². The molecule has 0 fully saturated rings. The molecule has 2 unspecified atom stereocenters. The van der Waals surface area contributed by atoms with Gasteiger partial charge in [0.1, 0.15) is 0 Å². The molecule has 0 amide bonds. The summed E-state index contributed by atoms with van der Waals surface area (Å²) in [6.07, 6.45) is 1.07. The lowest BCUT2D eigenvalue weighted by atomic mass is 9.99. The van der Waals surface area contributed by atoms with Gasteiger partial charge in [0.05, 0.1) is 12.1 Å². The third-order valence-electron chi connectivity index (χ3n) is 2.61. The number of hydrogen-bond donors (Lipinski definition) is 1. The van der Waals surface area contributed by atoms with Crippen LogP contribution in [0.5, 0.6) is 0 Å². The highest BCUT2D eigenvalue weighted by Crippen LogP contribution is 2.19. The molecule has 0 bridgehead atoms. The smallest absolute Gasteiger partial charge is 0.0764 e. The molecule has 0 heterocycles. The van der Waals surface area contributed by atoms with Crippen molar-refractivity contribution < 1.29 is 4.74 Å². The van der Waals surface area contributed by atoms with E-state index in [0.29, 0.717) is 0 Å². The van der Waals surface area contributed by atoms with Crippen molar-refractivity contribution in [3.05, 3.63) is 35.4 Å². The number of benzene rings is 1. The number of nitrogens with two attached hydrogens (primary N) is 1. The first-order valence-corrected chi connectivity index (χ1v) is 5.62. The Morgan fingerprint density at radius 2 is 2.07 bits per heavy atom. The molecule has 2 N–H and O–H groups in total. The third-order valence-corrected chi connectivity index (χ3v) is 2.61. The Morgan fingerprint density at radius 1 is 1.33 bits per heavy atom. The van der Waals surface area contributed by atoms with Gasteiger partial charge in [-0.05, 0) is 25.8 Å². The molecule has 0 spiro atoms. The second-order valence-corrected chi connectivity index (χ2v) is 3.84. The molecule has 0 aromatic heterocycles. The highest BCUT2D eigenvalue weighted by molar-refractivity contribution is 5.25. The number of hydrogen-bond acceptors (Lipinski definition) is 2. The van der Waals surface area contributed by atoms with Crippen molar-refractivity contribution in [3.63, 3.8) is 0 Å². The molecule has 0 radical (unpaired) electrons. The number of rotatable bonds is 5. The van der Waals surface area contributed by atoms with E-state index >= 15 is 0 Å². The fraction of sp³-hybridized carbons (Fsp3) is 0.538. The van der Waals surface area contributed by atoms with E-state index < -0.39 is 0 Å². The molecule has 2 atom stereocenters. The van der Waals surface area contributed by atoms with Crippen molar-refractivity contribution in [2.75, 3.05) is 6.61 Å². The average Bonchev–Trinajstić information content (AvgIpc) is 2.25. The van der Waals surface area contributed by atoms with Gasteiger partial charge >= 0.3 is 0 Å². The highest BCUT2D eigenvalue weighted by atomic mass is 16.5. The third kappa shape index (κ3) is 3.33. The summed E-state index contributed by atoms with van der Waals surface area (Å²) in [6, 6.07) is 8.31. The maximum Gasteiger partial charge on any atom is 0.0764 e. The zero-order valence-corrected chi connectivity index (χ0v) is 9.86. The normalized spacial score (nSPS) is 14.9. The van der Waals surface area contributed by atoms with Crippen LogP contribution in [0.3, 0.4) is 0 Å². The van der Waals surface area contributed by atoms with Crippen LogP contribution in [0.2, 0.25) is 0 Å². The average molecular weight is 207 g/mol. The van der Waals surface area contributed by atoms with Crippen LogP contribution in [0, 0.1) is 6.92 Å². The van der Waals surface area contributed by atoms with Gasteiger partial charge in [-0.15, -0.1) is 0 Å². The van der Waals surface area contributed by atoms with Crippen LogP contribution in [0.25, 0.3) is 0 Å². The molecule has 2 nitrogen and oxygen atoms in total. The van der Waals surface area contributed by atoms with Gasteiger partial charge < -0.3 is 10.5 Å². The van der Waals surface area contributed by atoms with Crippen LogP contribution in [0.15, 0.2) is 24.3 Å². The van der Waals surface area contributed by atoms with E-state index in [0.717, 1.165) is 18.6 Å². The van der Waals surface area contributed by atoms with Crippen LogP contribution in [0.4, 0.5) is 0 Å². The van der Waals surface area contributed by atoms with E-state index in [2.05, 4.69) is 32.0 Å². The summed E-state index contributed by atoms with van der Waals surface area (Å²) in [6.45, 7) is 6.91. The Bertz CT molecular complexity index is 298. The Hall–Kier alpha value is -0.860. The molecule has 1 aromatic carbocycles. The summed E-state index contributed by atoms with van der Waals surface area (Å²) in [5, 5.41) is 0. The minimum Gasteiger partial charge on any atom is -0.377 e. The summed E-state index contributed by atoms with van der Waals surface area (Å²) >= 11 is 0. The van der Waals surface area contributed by atoms with Crippen LogP contribution in [-0.2, 0) is 4.74 Å². The van der Waals surface area contributed by atoms with Crippen molar-refractivity contribution in [2.45, 2.75) is 39.3 Å². The largest absolute Gasteiger partial charge is 0.377 e. The van der Waals surface area contributed by atoms with Gasteiger partial charge in [0.2, 0.25) is 0 Å². The van der Waals surface area contributed by atoms with Gasteiger partial charge in [-0.1, -0.05) is 36.8 Å². The maximum absolute atomic E-state index is 6.18. The molecular weight excluding hydrogens is 186 g/mol. The number of aryl methyl sites for hydroxylation is 1. The van der Waals surface area contributed by atoms with E-state index in [1.54, 1.807) is 0 Å². The van der Waals surface area contributed by atoms with Crippen molar-refractivity contribution in [1.82, 2.24) is 0 Å². The van der Waals surface area contributed by atoms with Gasteiger partial charge in [0, 0.05) is 6.61 Å². The standard InChI is InChI=1S/C13H21NO/c1-4-12(15-5-2)13(14)11-8-6-7-10(3)9-11/h6-9,12-13H,4-5,14H2,1-3H3. The molecule has 0 saturated carbocycles. The Labute approximate surface area is 92.4 Å². The van der Waals surface area contributed by atoms with E-state index in [-0.39, 0.29) is 12.1 Å². The lowest BCUT2D eigenvalue weighted by molar-refractivity contribution is 0.0413. The van der Waals surface area contributed by atoms with E-state index in [1.807, 2.05) is 13.0 Å². The Morgan fingerprint density at radius 3 is 2.60 bits per heavy atom. The minimum absolute atomic E-state index is 0.0187. The second-order valence-electron chi connectivity index (χ2n) is 3.84. The molecule has 2 heteroatoms. The topological polar surface area (TPSA) is 35.2 Å². The van der Waals surface area contributed by atoms with Crippen LogP contribution in [-0.4, -0.2) is 12.7 Å². The van der Waals surface area contributed by atoms with Crippen LogP contribution in [0.1, 0.15) is 37.4 Å². The first kappa shape index (κ1) is 12.2. The van der Waals surface area contributed by atoms with Gasteiger partial charge in [-0.25, -0.2) is 0 Å². The molecule has 15 heavy (non-hydrogen) atoms. The summed E-state index contributed by atoms with van der Waals surface area (Å²) in [4.78, 5) is 0. The first-order chi connectivity index (χ1) is 7.19. The summed E-state index contributed by atoms with van der Waals surface area (Å²) in [7, 11) is 0. The van der Waals surface area contributed by atoms with Crippen LogP contribution >= 0.6 is 0 Å². The number of ether oxygens (including phenoxy) is 1. The SMILES string of the molecule is CCOC(CC)C(N)c1cccc(C)c1. The van der Waals surface area contributed by atoms with Crippen molar-refractivity contribution >= 4 is 0 Å². The predicted octanol–water partition coefficient (Wildman–Crippen LogP) is 2.81. The summed E-state index contributed by atoms with van der Waals surface area (Å²) < 4.78 is 5.62. The highest BCUT2D eigenvalue weighted by Gasteiger charge is 2.17. The van der Waals surface area contributed by atoms with E-state index in [4.69, 9.17) is 10.5 Å². The molecule has 0 aliphatic carbocycles. The molecule has 1 aromatic rings. The zero-order chi connectivity index (χ0) is 11.3. The quantitative estimate of drug-likeness (QED) is 0.805. The lowest BCUT2D eigenvalue weighted by Crippen LogP contribution is -2.28. The van der Waals surface area contributed by atoms with E-state index in [1.165, 1.54) is 5.56 Å². The summed E-state index contributed by atoms with van der Waals surface area (Å²) in [5.41, 5.74) is 8.59. The Balaban J connectivity index is 2.77. The van der Waals surface area contributed by atoms with Gasteiger partial charge in [0.15, 0.2) is 0 Å². The van der Waals surface area contributed by atoms with Crippen molar-refractivity contribution in [1.29, 1.82) is 0 Å². The molecule has 0 saturated heterocycles. The molecular formula is C13H21NO. The fourth-order valence-electron chi connectivity index (χ4n) is 1.78. The van der Waals surface area contributed by atoms with Crippen molar-refractivity contribution in [2.24, 2.45) is 5.73 Å². The van der Waals surface area contributed by atoms with Gasteiger partial charge in [-0.3, -0.25) is 0 Å². The molecule has 0 aliphatic rings. The van der Waals surface area contributed by atoms with E-state index in [9.17, 15) is 0 Å². The van der Waals surface area contributed by atoms with Crippen molar-refractivity contribution in [3.8, 4) is 0 Å². The molecule has 84 valence electrons. The summed E-state index contributed by atoms with van der Waals surface area (Å²) in [5.74, 6) is 0. The predicted molar refractivity (Wildman–Crippen MR) is 63.8 cm³/mol.